The van der Waals surface area contributed by atoms with E-state index in [1.54, 1.807) is 41.2 Å². The monoisotopic (exact) mass is 388 g/mol. The van der Waals surface area contributed by atoms with Gasteiger partial charge >= 0.3 is 0 Å². The number of amides is 1. The summed E-state index contributed by atoms with van der Waals surface area (Å²) in [5.41, 5.74) is 1.05. The molecule has 1 aliphatic heterocycles. The average molecular weight is 388 g/mol. The maximum Gasteiger partial charge on any atom is 0.290 e. The van der Waals surface area contributed by atoms with E-state index in [-0.39, 0.29) is 23.1 Å². The van der Waals surface area contributed by atoms with E-state index in [9.17, 15) is 18.0 Å². The van der Waals surface area contributed by atoms with Crippen molar-refractivity contribution in [1.82, 2.24) is 4.31 Å². The first kappa shape index (κ1) is 19.2. The first-order chi connectivity index (χ1) is 12.9. The Kier molecular flexibility index (Phi) is 5.67. The van der Waals surface area contributed by atoms with Crippen LogP contribution >= 0.6 is 0 Å². The summed E-state index contributed by atoms with van der Waals surface area (Å²) in [5.74, 6) is -0.338. The van der Waals surface area contributed by atoms with Crippen molar-refractivity contribution in [2.45, 2.75) is 31.2 Å². The molecule has 142 valence electrons. The fourth-order valence-electron chi connectivity index (χ4n) is 2.98. The van der Waals surface area contributed by atoms with Crippen LogP contribution in [-0.4, -0.2) is 37.5 Å². The molecule has 1 aromatic carbocycles. The fourth-order valence-corrected chi connectivity index (χ4v) is 4.50. The zero-order chi connectivity index (χ0) is 19.4. The van der Waals surface area contributed by atoms with Crippen molar-refractivity contribution in [1.29, 1.82) is 0 Å². The van der Waals surface area contributed by atoms with Crippen molar-refractivity contribution in [2.24, 2.45) is 0 Å². The highest BCUT2D eigenvalue weighted by molar-refractivity contribution is 7.89. The molecular weight excluding hydrogens is 366 g/mol. The van der Waals surface area contributed by atoms with Crippen LogP contribution in [0.1, 0.15) is 30.1 Å². The summed E-state index contributed by atoms with van der Waals surface area (Å²) >= 11 is 0. The SMILES string of the molecule is CC(=O)c1ccc[n+](CC(=O)Nc2ccc(S(=O)(=O)N3CCCC3)cc2)c1. The van der Waals surface area contributed by atoms with Gasteiger partial charge in [0, 0.05) is 24.8 Å². The summed E-state index contributed by atoms with van der Waals surface area (Å²) in [6.07, 6.45) is 5.09. The number of hydrogen-bond acceptors (Lipinski definition) is 4. The average Bonchev–Trinajstić information content (AvgIpc) is 3.18. The minimum Gasteiger partial charge on any atom is -0.321 e. The Balaban J connectivity index is 1.65. The van der Waals surface area contributed by atoms with E-state index in [1.165, 1.54) is 23.4 Å². The van der Waals surface area contributed by atoms with E-state index in [0.29, 0.717) is 24.3 Å². The summed E-state index contributed by atoms with van der Waals surface area (Å²) in [6, 6.07) is 9.58. The van der Waals surface area contributed by atoms with Gasteiger partial charge in [-0.15, -0.1) is 0 Å². The highest BCUT2D eigenvalue weighted by Crippen LogP contribution is 2.22. The largest absolute Gasteiger partial charge is 0.321 e. The zero-order valence-electron chi connectivity index (χ0n) is 15.1. The number of pyridine rings is 1. The fraction of sp³-hybridized carbons (Fsp3) is 0.316. The Morgan fingerprint density at radius 2 is 1.78 bits per heavy atom. The molecule has 0 atom stereocenters. The molecule has 7 nitrogen and oxygen atoms in total. The molecule has 1 amide bonds. The number of carbonyl (C=O) groups excluding carboxylic acids is 2. The third kappa shape index (κ3) is 4.58. The number of aromatic nitrogens is 1. The van der Waals surface area contributed by atoms with Crippen molar-refractivity contribution in [3.05, 3.63) is 54.4 Å². The van der Waals surface area contributed by atoms with Gasteiger partial charge in [0.1, 0.15) is 0 Å². The molecule has 1 N–H and O–H groups in total. The summed E-state index contributed by atoms with van der Waals surface area (Å²) in [5, 5.41) is 2.73. The lowest BCUT2D eigenvalue weighted by Crippen LogP contribution is -2.40. The Bertz CT molecular complexity index is 949. The molecule has 0 aliphatic carbocycles. The smallest absolute Gasteiger partial charge is 0.290 e. The molecule has 2 heterocycles. The van der Waals surface area contributed by atoms with Crippen molar-refractivity contribution < 1.29 is 22.6 Å². The minimum atomic E-state index is -3.46. The van der Waals surface area contributed by atoms with Crippen LogP contribution in [0.2, 0.25) is 0 Å². The molecule has 8 heteroatoms. The molecule has 1 saturated heterocycles. The number of nitrogens with one attached hydrogen (secondary N) is 1. The highest BCUT2D eigenvalue weighted by atomic mass is 32.2. The number of benzene rings is 1. The van der Waals surface area contributed by atoms with Crippen molar-refractivity contribution >= 4 is 27.4 Å². The van der Waals surface area contributed by atoms with Gasteiger partial charge in [0.15, 0.2) is 18.2 Å². The van der Waals surface area contributed by atoms with Gasteiger partial charge in [-0.25, -0.2) is 8.42 Å². The van der Waals surface area contributed by atoms with Crippen LogP contribution in [0.25, 0.3) is 0 Å². The van der Waals surface area contributed by atoms with Gasteiger partial charge in [0.05, 0.1) is 10.5 Å². The van der Waals surface area contributed by atoms with Crippen LogP contribution in [0.4, 0.5) is 5.69 Å². The molecule has 27 heavy (non-hydrogen) atoms. The van der Waals surface area contributed by atoms with Gasteiger partial charge in [-0.05, 0) is 50.1 Å². The Morgan fingerprint density at radius 3 is 2.41 bits per heavy atom. The lowest BCUT2D eigenvalue weighted by Gasteiger charge is -2.15. The topological polar surface area (TPSA) is 87.4 Å². The number of nitrogens with zero attached hydrogens (tertiary/aromatic N) is 2. The second-order valence-corrected chi connectivity index (χ2v) is 8.44. The van der Waals surface area contributed by atoms with E-state index in [4.69, 9.17) is 0 Å². The van der Waals surface area contributed by atoms with Gasteiger partial charge < -0.3 is 5.32 Å². The van der Waals surface area contributed by atoms with Crippen LogP contribution in [0.3, 0.4) is 0 Å². The van der Waals surface area contributed by atoms with E-state index in [0.717, 1.165) is 12.8 Å². The second kappa shape index (κ2) is 7.98. The molecule has 1 aromatic heterocycles. The Morgan fingerprint density at radius 1 is 1.11 bits per heavy atom. The van der Waals surface area contributed by atoms with Crippen LogP contribution in [-0.2, 0) is 21.4 Å². The normalized spacial score (nSPS) is 14.9. The lowest BCUT2D eigenvalue weighted by atomic mass is 10.2. The third-order valence-corrected chi connectivity index (χ3v) is 6.34. The van der Waals surface area contributed by atoms with Gasteiger partial charge in [0.25, 0.3) is 5.91 Å². The first-order valence-electron chi connectivity index (χ1n) is 8.76. The van der Waals surface area contributed by atoms with Gasteiger partial charge in [-0.1, -0.05) is 0 Å². The molecule has 1 fully saturated rings. The van der Waals surface area contributed by atoms with E-state index in [2.05, 4.69) is 5.32 Å². The number of Topliss-reactive ketones (excluding diaryl/α,β-unsaturated/α-hetero) is 1. The Hall–Kier alpha value is -2.58. The molecule has 0 saturated carbocycles. The zero-order valence-corrected chi connectivity index (χ0v) is 15.9. The number of ketones is 1. The van der Waals surface area contributed by atoms with Crippen LogP contribution in [0.15, 0.2) is 53.7 Å². The van der Waals surface area contributed by atoms with Crippen LogP contribution in [0, 0.1) is 0 Å². The van der Waals surface area contributed by atoms with E-state index in [1.807, 2.05) is 0 Å². The maximum atomic E-state index is 12.5. The summed E-state index contributed by atoms with van der Waals surface area (Å²) in [4.78, 5) is 23.9. The van der Waals surface area contributed by atoms with Crippen LogP contribution in [0.5, 0.6) is 0 Å². The van der Waals surface area contributed by atoms with Gasteiger partial charge in [0.2, 0.25) is 16.6 Å². The molecule has 0 bridgehead atoms. The molecule has 1 aliphatic rings. The predicted molar refractivity (Wildman–Crippen MR) is 99.7 cm³/mol. The summed E-state index contributed by atoms with van der Waals surface area (Å²) < 4.78 is 28.1. The maximum absolute atomic E-state index is 12.5. The quantitative estimate of drug-likeness (QED) is 0.601. The highest BCUT2D eigenvalue weighted by Gasteiger charge is 2.27. The lowest BCUT2D eigenvalue weighted by molar-refractivity contribution is -0.684. The van der Waals surface area contributed by atoms with Gasteiger partial charge in [-0.3, -0.25) is 9.59 Å². The van der Waals surface area contributed by atoms with Gasteiger partial charge in [-0.2, -0.15) is 8.87 Å². The van der Waals surface area contributed by atoms with E-state index >= 15 is 0 Å². The molecule has 3 rings (SSSR count). The van der Waals surface area contributed by atoms with Crippen molar-refractivity contribution in [2.75, 3.05) is 18.4 Å². The molecular formula is C19H22N3O4S+. The molecule has 0 unspecified atom stereocenters. The molecule has 0 spiro atoms. The Labute approximate surface area is 158 Å². The first-order valence-corrected chi connectivity index (χ1v) is 10.2. The summed E-state index contributed by atoms with van der Waals surface area (Å²) in [6.45, 7) is 2.63. The molecule has 2 aromatic rings. The number of anilines is 1. The van der Waals surface area contributed by atoms with Crippen molar-refractivity contribution in [3.63, 3.8) is 0 Å². The second-order valence-electron chi connectivity index (χ2n) is 6.50. The third-order valence-electron chi connectivity index (χ3n) is 4.43. The standard InChI is InChI=1S/C19H21N3O4S/c1-15(23)16-5-4-10-21(13-16)14-19(24)20-17-6-8-18(9-7-17)27(25,26)22-11-2-3-12-22/h4-10,13H,2-3,11-12,14H2,1H3/p+1. The molecule has 0 radical (unpaired) electrons. The minimum absolute atomic E-state index is 0.0505. The number of rotatable bonds is 6. The van der Waals surface area contributed by atoms with E-state index < -0.39 is 10.0 Å². The van der Waals surface area contributed by atoms with Crippen molar-refractivity contribution in [3.8, 4) is 0 Å². The summed E-state index contributed by atoms with van der Waals surface area (Å²) in [7, 11) is -3.46. The number of hydrogen-bond donors (Lipinski definition) is 1. The van der Waals surface area contributed by atoms with Crippen LogP contribution < -0.4 is 9.88 Å². The predicted octanol–water partition coefficient (Wildman–Crippen LogP) is 1.60. The number of carbonyl (C=O) groups is 2. The number of sulfonamides is 1.